The number of carbonyl (C=O) groups excluding carboxylic acids is 5. The van der Waals surface area contributed by atoms with Crippen molar-refractivity contribution < 1.29 is 33.4 Å². The van der Waals surface area contributed by atoms with E-state index in [0.717, 1.165) is 0 Å². The van der Waals surface area contributed by atoms with Crippen molar-refractivity contribution in [2.24, 2.45) is 24.2 Å². The van der Waals surface area contributed by atoms with Gasteiger partial charge in [0.1, 0.15) is 33.9 Å². The van der Waals surface area contributed by atoms with Crippen LogP contribution >= 0.6 is 0 Å². The summed E-state index contributed by atoms with van der Waals surface area (Å²) < 4.78 is 20.4. The van der Waals surface area contributed by atoms with E-state index in [1.165, 1.54) is 36.3 Å². The number of ether oxygens (including phenoxy) is 2. The number of anilines is 2. The van der Waals surface area contributed by atoms with Gasteiger partial charge in [-0.05, 0) is 70.5 Å². The van der Waals surface area contributed by atoms with Crippen molar-refractivity contribution in [3.8, 4) is 11.5 Å². The summed E-state index contributed by atoms with van der Waals surface area (Å²) in [6.07, 6.45) is 7.76. The van der Waals surface area contributed by atoms with E-state index in [4.69, 9.17) is 36.6 Å². The Morgan fingerprint density at radius 2 is 1.29 bits per heavy atom. The van der Waals surface area contributed by atoms with Gasteiger partial charge in [0.2, 0.25) is 29.6 Å². The Morgan fingerprint density at radius 3 is 1.75 bits per heavy atom. The lowest BCUT2D eigenvalue weighted by molar-refractivity contribution is -0.131. The summed E-state index contributed by atoms with van der Waals surface area (Å²) in [5.74, 6) is -1.77. The second-order valence-corrected chi connectivity index (χ2v) is 16.4. The predicted octanol–water partition coefficient (Wildman–Crippen LogP) is 2.93. The van der Waals surface area contributed by atoms with Crippen LogP contribution < -0.4 is 37.3 Å². The SMILES string of the molecule is CCn1nc(C)cc1C(=O)Nc1nc2cc(C(N)=O)cc(OC)c2n1C/C=C/Cn1c(NC(=O)c2cc(C)nn2CC)nc2cc(C(N)=O)cc(OCCCN(C)C(=O)[C@@H](N)Cc3cn(C)cn3)c21. The Morgan fingerprint density at radius 1 is 0.783 bits per heavy atom. The minimum Gasteiger partial charge on any atom is -0.494 e. The zero-order valence-electron chi connectivity index (χ0n) is 39.5. The Hall–Kier alpha value is -8.34. The molecule has 8 N–H and O–H groups in total. The normalized spacial score (nSPS) is 11.9. The lowest BCUT2D eigenvalue weighted by atomic mass is 10.1. The van der Waals surface area contributed by atoms with Gasteiger partial charge in [-0.1, -0.05) is 12.2 Å². The second-order valence-electron chi connectivity index (χ2n) is 16.4. The average molecular weight is 945 g/mol. The minimum absolute atomic E-state index is 0.0993. The predicted molar refractivity (Wildman–Crippen MR) is 256 cm³/mol. The summed E-state index contributed by atoms with van der Waals surface area (Å²) in [5.41, 5.74) is 22.2. The van der Waals surface area contributed by atoms with E-state index >= 15 is 0 Å². The number of allylic oxidation sites excluding steroid dienone is 2. The van der Waals surface area contributed by atoms with Gasteiger partial charge in [0.15, 0.2) is 0 Å². The molecule has 23 heteroatoms. The van der Waals surface area contributed by atoms with Crippen LogP contribution in [0.5, 0.6) is 11.5 Å². The van der Waals surface area contributed by atoms with Crippen LogP contribution in [0, 0.1) is 13.8 Å². The number of primary amides is 2. The van der Waals surface area contributed by atoms with Crippen molar-refractivity contribution in [2.75, 3.05) is 37.9 Å². The van der Waals surface area contributed by atoms with Gasteiger partial charge in [-0.15, -0.1) is 0 Å². The molecule has 0 aliphatic rings. The smallest absolute Gasteiger partial charge is 0.276 e. The number of nitrogens with one attached hydrogen (secondary N) is 2. The average Bonchev–Trinajstić information content (AvgIpc) is 4.15. The van der Waals surface area contributed by atoms with Gasteiger partial charge in [-0.25, -0.2) is 15.0 Å². The van der Waals surface area contributed by atoms with Crippen LogP contribution in [0.15, 0.2) is 61.1 Å². The van der Waals surface area contributed by atoms with Crippen LogP contribution in [0.25, 0.3) is 22.1 Å². The Labute approximate surface area is 396 Å². The fraction of sp³-hybridized carbons (Fsp3) is 0.348. The molecule has 0 fully saturated rings. The van der Waals surface area contributed by atoms with Crippen LogP contribution in [-0.2, 0) is 44.4 Å². The summed E-state index contributed by atoms with van der Waals surface area (Å²) >= 11 is 0. The highest BCUT2D eigenvalue weighted by atomic mass is 16.5. The zero-order chi connectivity index (χ0) is 49.7. The lowest BCUT2D eigenvalue weighted by Gasteiger charge is -2.21. The summed E-state index contributed by atoms with van der Waals surface area (Å²) in [4.78, 5) is 81.0. The molecular weight excluding hydrogens is 889 g/mol. The third-order valence-corrected chi connectivity index (χ3v) is 11.2. The summed E-state index contributed by atoms with van der Waals surface area (Å²) in [5, 5.41) is 14.7. The first-order chi connectivity index (χ1) is 33.0. The standard InChI is InChI=1S/C46H56N16O7/c1-8-61-34(17-26(3)55-61)42(65)53-45-51-32-19-28(40(48)63)21-36(68-7)38(32)59(45)14-10-11-15-60-39-33(52-46(60)54-43(66)35-18-27(4)56-62(35)9-2)20-29(41(49)64)22-37(39)69-16-12-13-58(6)44(67)31(47)23-30-24-57(5)25-50-30/h10-11,17-22,24-25,31H,8-9,12-16,23,47H2,1-7H3,(H2,48,63)(H2,49,64)(H,51,53,65)(H,52,54,66)/b11-10+/t31-/m0/s1. The van der Waals surface area contributed by atoms with Crippen molar-refractivity contribution in [3.05, 3.63) is 101 Å². The molecule has 2 aromatic carbocycles. The molecule has 0 saturated carbocycles. The topological polar surface area (TPSA) is 298 Å². The van der Waals surface area contributed by atoms with Crippen LogP contribution in [0.3, 0.4) is 0 Å². The van der Waals surface area contributed by atoms with Crippen molar-refractivity contribution in [1.82, 2.24) is 53.1 Å². The number of nitrogens with two attached hydrogens (primary N) is 3. The largest absolute Gasteiger partial charge is 0.494 e. The highest BCUT2D eigenvalue weighted by Crippen LogP contribution is 2.33. The van der Waals surface area contributed by atoms with Gasteiger partial charge < -0.3 is 45.3 Å². The van der Waals surface area contributed by atoms with E-state index in [1.807, 2.05) is 39.2 Å². The van der Waals surface area contributed by atoms with Gasteiger partial charge in [-0.2, -0.15) is 10.2 Å². The summed E-state index contributed by atoms with van der Waals surface area (Å²) in [6, 6.07) is 8.60. The first kappa shape index (κ1) is 48.6. The number of aryl methyl sites for hydroxylation is 5. The molecule has 0 spiro atoms. The van der Waals surface area contributed by atoms with Gasteiger partial charge in [-0.3, -0.25) is 44.0 Å². The number of likely N-dealkylation sites (N-methyl/N-ethyl adjacent to an activating group) is 1. The van der Waals surface area contributed by atoms with Gasteiger partial charge in [0.05, 0.1) is 54.2 Å². The van der Waals surface area contributed by atoms with E-state index < -0.39 is 29.7 Å². The number of hydrogen-bond acceptors (Lipinski definition) is 13. The molecule has 69 heavy (non-hydrogen) atoms. The van der Waals surface area contributed by atoms with Crippen molar-refractivity contribution in [1.29, 1.82) is 0 Å². The summed E-state index contributed by atoms with van der Waals surface area (Å²) in [7, 11) is 4.95. The zero-order valence-corrected chi connectivity index (χ0v) is 39.5. The number of methoxy groups -OCH3 is 1. The maximum atomic E-state index is 13.9. The number of benzene rings is 2. The number of nitrogens with zero attached hydrogens (tertiary/aromatic N) is 11. The molecule has 0 aliphatic heterocycles. The molecule has 0 aliphatic carbocycles. The second kappa shape index (κ2) is 20.7. The molecule has 362 valence electrons. The molecule has 0 radical (unpaired) electrons. The van der Waals surface area contributed by atoms with E-state index in [0.29, 0.717) is 82.3 Å². The van der Waals surface area contributed by atoms with Crippen molar-refractivity contribution in [2.45, 2.75) is 72.8 Å². The van der Waals surface area contributed by atoms with Gasteiger partial charge in [0.25, 0.3) is 11.8 Å². The number of amides is 5. The maximum absolute atomic E-state index is 13.9. The van der Waals surface area contributed by atoms with Crippen LogP contribution in [-0.4, -0.2) is 116 Å². The Bertz CT molecular complexity index is 3120. The molecule has 5 amide bonds. The molecule has 23 nitrogen and oxygen atoms in total. The van der Waals surface area contributed by atoms with E-state index in [9.17, 15) is 24.0 Å². The van der Waals surface area contributed by atoms with Crippen LogP contribution in [0.2, 0.25) is 0 Å². The van der Waals surface area contributed by atoms with Crippen molar-refractivity contribution >= 4 is 63.5 Å². The number of imidazole rings is 3. The quantitative estimate of drug-likeness (QED) is 0.0512. The molecule has 7 rings (SSSR count). The minimum atomic E-state index is -0.788. The molecule has 1 atom stereocenters. The van der Waals surface area contributed by atoms with Crippen LogP contribution in [0.4, 0.5) is 11.9 Å². The number of hydrogen-bond donors (Lipinski definition) is 5. The van der Waals surface area contributed by atoms with E-state index in [-0.39, 0.29) is 60.8 Å². The molecule has 0 unspecified atom stereocenters. The molecule has 0 saturated heterocycles. The maximum Gasteiger partial charge on any atom is 0.276 e. The first-order valence-corrected chi connectivity index (χ1v) is 22.2. The number of fused-ring (bicyclic) bond motifs is 2. The van der Waals surface area contributed by atoms with Gasteiger partial charge in [0, 0.05) is 70.6 Å². The lowest BCUT2D eigenvalue weighted by Crippen LogP contribution is -2.43. The number of rotatable bonds is 21. The van der Waals surface area contributed by atoms with Gasteiger partial charge >= 0.3 is 0 Å². The summed E-state index contributed by atoms with van der Waals surface area (Å²) in [6.45, 7) is 8.87. The van der Waals surface area contributed by atoms with Crippen LogP contribution in [0.1, 0.15) is 79.0 Å². The fourth-order valence-electron chi connectivity index (χ4n) is 7.95. The molecule has 0 bridgehead atoms. The van der Waals surface area contributed by atoms with Crippen molar-refractivity contribution in [3.63, 3.8) is 0 Å². The number of carbonyl (C=O) groups is 5. The highest BCUT2D eigenvalue weighted by molar-refractivity contribution is 6.05. The van der Waals surface area contributed by atoms with E-state index in [1.54, 1.807) is 62.4 Å². The fourth-order valence-corrected chi connectivity index (χ4v) is 7.95. The molecular formula is C46H56N16O7. The molecule has 5 aromatic heterocycles. The molecule has 7 aromatic rings. The number of aromatic nitrogens is 10. The third kappa shape index (κ3) is 10.6. The molecule has 5 heterocycles. The highest BCUT2D eigenvalue weighted by Gasteiger charge is 2.25. The first-order valence-electron chi connectivity index (χ1n) is 22.2. The Balaban J connectivity index is 1.21. The Kier molecular flexibility index (Phi) is 14.6. The third-order valence-electron chi connectivity index (χ3n) is 11.2. The van der Waals surface area contributed by atoms with E-state index in [2.05, 4.69) is 25.8 Å². The monoisotopic (exact) mass is 944 g/mol.